The zero-order valence-electron chi connectivity index (χ0n) is 14.5. The number of aromatic carboxylic acids is 1. The molecule has 1 unspecified atom stereocenters. The van der Waals surface area contributed by atoms with Crippen molar-refractivity contribution in [2.45, 2.75) is 6.04 Å². The van der Waals surface area contributed by atoms with Crippen LogP contribution in [0.25, 0.3) is 6.08 Å². The highest BCUT2D eigenvalue weighted by Gasteiger charge is 2.30. The minimum atomic E-state index is -1.01. The lowest BCUT2D eigenvalue weighted by Gasteiger charge is -2.34. The van der Waals surface area contributed by atoms with Crippen molar-refractivity contribution in [3.05, 3.63) is 77.4 Å². The summed E-state index contributed by atoms with van der Waals surface area (Å²) in [7, 11) is 0. The molecule has 0 saturated carbocycles. The Morgan fingerprint density at radius 1 is 1.00 bits per heavy atom. The van der Waals surface area contributed by atoms with Gasteiger partial charge in [-0.25, -0.2) is 4.79 Å². The van der Waals surface area contributed by atoms with E-state index >= 15 is 0 Å². The van der Waals surface area contributed by atoms with Gasteiger partial charge in [-0.3, -0.25) is 9.69 Å². The van der Waals surface area contributed by atoms with Crippen molar-refractivity contribution in [1.29, 1.82) is 0 Å². The predicted octanol–water partition coefficient (Wildman–Crippen LogP) is 2.61. The third-order valence-electron chi connectivity index (χ3n) is 4.51. The molecule has 1 atom stereocenters. The summed E-state index contributed by atoms with van der Waals surface area (Å²) in [5.74, 6) is -1.12. The summed E-state index contributed by atoms with van der Waals surface area (Å²) in [6.07, 6.45) is 3.33. The summed E-state index contributed by atoms with van der Waals surface area (Å²) in [6, 6.07) is 15.8. The van der Waals surface area contributed by atoms with E-state index in [0.717, 1.165) is 18.7 Å². The van der Waals surface area contributed by atoms with Crippen LogP contribution in [0.3, 0.4) is 0 Å². The Balaban J connectivity index is 1.94. The normalized spacial score (nSPS) is 16.5. The van der Waals surface area contributed by atoms with Crippen molar-refractivity contribution in [3.8, 4) is 0 Å². The average molecular weight is 350 g/mol. The molecule has 0 amide bonds. The first-order valence-electron chi connectivity index (χ1n) is 8.71. The van der Waals surface area contributed by atoms with Gasteiger partial charge in [0.05, 0.1) is 11.6 Å². The van der Waals surface area contributed by atoms with Gasteiger partial charge in [0, 0.05) is 26.2 Å². The first-order chi connectivity index (χ1) is 12.7. The number of hydrogen-bond acceptors (Lipinski definition) is 4. The minimum absolute atomic E-state index is 0.107. The van der Waals surface area contributed by atoms with E-state index in [9.17, 15) is 14.7 Å². The van der Waals surface area contributed by atoms with E-state index in [2.05, 4.69) is 10.2 Å². The molecular weight excluding hydrogens is 328 g/mol. The van der Waals surface area contributed by atoms with Crippen LogP contribution in [-0.4, -0.2) is 47.9 Å². The third-order valence-corrected chi connectivity index (χ3v) is 4.51. The number of hydrogen-bond donors (Lipinski definition) is 2. The van der Waals surface area contributed by atoms with Gasteiger partial charge in [-0.1, -0.05) is 54.6 Å². The van der Waals surface area contributed by atoms with Crippen LogP contribution >= 0.6 is 0 Å². The zero-order valence-corrected chi connectivity index (χ0v) is 14.5. The number of benzene rings is 2. The second-order valence-electron chi connectivity index (χ2n) is 6.23. The van der Waals surface area contributed by atoms with Crippen LogP contribution in [0.5, 0.6) is 0 Å². The Hall–Kier alpha value is -2.76. The number of nitrogens with zero attached hydrogens (tertiary/aromatic N) is 1. The Labute approximate surface area is 153 Å². The fourth-order valence-electron chi connectivity index (χ4n) is 3.23. The zero-order chi connectivity index (χ0) is 18.4. The van der Waals surface area contributed by atoms with E-state index in [-0.39, 0.29) is 11.3 Å². The number of carboxylic acid groups (broad SMARTS) is 1. The summed E-state index contributed by atoms with van der Waals surface area (Å²) >= 11 is 0. The van der Waals surface area contributed by atoms with Crippen LogP contribution in [0.2, 0.25) is 0 Å². The quantitative estimate of drug-likeness (QED) is 0.784. The highest BCUT2D eigenvalue weighted by molar-refractivity contribution is 6.00. The van der Waals surface area contributed by atoms with Crippen molar-refractivity contribution in [2.75, 3.05) is 26.2 Å². The van der Waals surface area contributed by atoms with Crippen molar-refractivity contribution in [3.63, 3.8) is 0 Å². The molecule has 0 radical (unpaired) electrons. The van der Waals surface area contributed by atoms with Gasteiger partial charge in [0.15, 0.2) is 5.78 Å². The number of rotatable bonds is 6. The third kappa shape index (κ3) is 4.25. The smallest absolute Gasteiger partial charge is 0.336 e. The first kappa shape index (κ1) is 18.0. The molecule has 0 aliphatic carbocycles. The fourth-order valence-corrected chi connectivity index (χ4v) is 3.23. The maximum Gasteiger partial charge on any atom is 0.336 e. The lowest BCUT2D eigenvalue weighted by Crippen LogP contribution is -2.47. The maximum atomic E-state index is 13.0. The van der Waals surface area contributed by atoms with Crippen molar-refractivity contribution >= 4 is 17.8 Å². The molecule has 134 valence electrons. The molecule has 5 heteroatoms. The Bertz CT molecular complexity index is 796. The summed E-state index contributed by atoms with van der Waals surface area (Å²) in [4.78, 5) is 26.8. The lowest BCUT2D eigenvalue weighted by atomic mass is 9.94. The van der Waals surface area contributed by atoms with Gasteiger partial charge in [0.1, 0.15) is 0 Å². The molecule has 2 aromatic carbocycles. The van der Waals surface area contributed by atoms with E-state index in [1.54, 1.807) is 36.4 Å². The van der Waals surface area contributed by atoms with Gasteiger partial charge < -0.3 is 10.4 Å². The summed E-state index contributed by atoms with van der Waals surface area (Å²) < 4.78 is 0. The highest BCUT2D eigenvalue weighted by Crippen LogP contribution is 2.26. The van der Waals surface area contributed by atoms with Gasteiger partial charge in [-0.2, -0.15) is 0 Å². The number of nitrogens with one attached hydrogen (secondary N) is 1. The predicted molar refractivity (Wildman–Crippen MR) is 101 cm³/mol. The number of piperazine rings is 1. The molecule has 1 aliphatic heterocycles. The van der Waals surface area contributed by atoms with Crippen LogP contribution in [0, 0.1) is 0 Å². The lowest BCUT2D eigenvalue weighted by molar-refractivity contribution is -0.120. The van der Waals surface area contributed by atoms with Crippen molar-refractivity contribution in [2.24, 2.45) is 0 Å². The van der Waals surface area contributed by atoms with Crippen molar-refractivity contribution < 1.29 is 14.7 Å². The molecule has 1 aliphatic rings. The van der Waals surface area contributed by atoms with Gasteiger partial charge in [-0.05, 0) is 23.3 Å². The van der Waals surface area contributed by atoms with Crippen molar-refractivity contribution in [1.82, 2.24) is 10.2 Å². The van der Waals surface area contributed by atoms with Crippen LogP contribution in [0.4, 0.5) is 0 Å². The SMILES string of the molecule is O=C(O)c1ccccc1C(C(=O)C=Cc1ccccc1)N1CCNCC1. The molecular formula is C21H22N2O3. The molecule has 1 saturated heterocycles. The molecule has 0 spiro atoms. The van der Waals surface area contributed by atoms with E-state index in [1.165, 1.54) is 0 Å². The molecule has 3 rings (SSSR count). The molecule has 26 heavy (non-hydrogen) atoms. The van der Waals surface area contributed by atoms with Crippen LogP contribution in [0.15, 0.2) is 60.7 Å². The molecule has 2 aromatic rings. The number of carboxylic acids is 1. The molecule has 1 fully saturated rings. The number of ketones is 1. The summed E-state index contributed by atoms with van der Waals surface area (Å²) in [5, 5.41) is 12.8. The molecule has 5 nitrogen and oxygen atoms in total. The largest absolute Gasteiger partial charge is 0.478 e. The van der Waals surface area contributed by atoms with Crippen LogP contribution in [-0.2, 0) is 4.79 Å². The van der Waals surface area contributed by atoms with Gasteiger partial charge in [-0.15, -0.1) is 0 Å². The van der Waals surface area contributed by atoms with E-state index in [4.69, 9.17) is 0 Å². The summed E-state index contributed by atoms with van der Waals surface area (Å²) in [5.41, 5.74) is 1.66. The molecule has 1 heterocycles. The monoisotopic (exact) mass is 350 g/mol. The van der Waals surface area contributed by atoms with Gasteiger partial charge in [0.25, 0.3) is 0 Å². The second-order valence-corrected chi connectivity index (χ2v) is 6.23. The number of carbonyl (C=O) groups excluding carboxylic acids is 1. The highest BCUT2D eigenvalue weighted by atomic mass is 16.4. The standard InChI is InChI=1S/C21H22N2O3/c24-19(11-10-16-6-2-1-3-7-16)20(23-14-12-22-13-15-23)17-8-4-5-9-18(17)21(25)26/h1-11,20,22H,12-15H2,(H,25,26). The molecule has 0 bridgehead atoms. The van der Waals surface area contributed by atoms with Crippen LogP contribution < -0.4 is 5.32 Å². The fraction of sp³-hybridized carbons (Fsp3) is 0.238. The Morgan fingerprint density at radius 2 is 1.65 bits per heavy atom. The average Bonchev–Trinajstić information content (AvgIpc) is 2.68. The Morgan fingerprint density at radius 3 is 2.35 bits per heavy atom. The van der Waals surface area contributed by atoms with Gasteiger partial charge in [0.2, 0.25) is 0 Å². The van der Waals surface area contributed by atoms with Gasteiger partial charge >= 0.3 is 5.97 Å². The van der Waals surface area contributed by atoms with E-state index in [1.807, 2.05) is 30.3 Å². The van der Waals surface area contributed by atoms with E-state index in [0.29, 0.717) is 18.7 Å². The summed E-state index contributed by atoms with van der Waals surface area (Å²) in [6.45, 7) is 2.95. The molecule has 2 N–H and O–H groups in total. The number of carbonyl (C=O) groups is 2. The Kier molecular flexibility index (Phi) is 5.94. The minimum Gasteiger partial charge on any atom is -0.478 e. The maximum absolute atomic E-state index is 13.0. The second kappa shape index (κ2) is 8.56. The topological polar surface area (TPSA) is 69.6 Å². The first-order valence-corrected chi connectivity index (χ1v) is 8.71. The van der Waals surface area contributed by atoms with Crippen LogP contribution in [0.1, 0.15) is 27.5 Å². The van der Waals surface area contributed by atoms with E-state index < -0.39 is 12.0 Å². The molecule has 0 aromatic heterocycles.